The second-order valence-electron chi connectivity index (χ2n) is 6.22. The quantitative estimate of drug-likeness (QED) is 0.661. The van der Waals surface area contributed by atoms with Crippen LogP contribution in [0.5, 0.6) is 0 Å². The SMILES string of the molecule is COC(=O)C1=C(C(=O)OC)N(c2cc(Br)ccc2NCc2ccccc2)COC1. The van der Waals surface area contributed by atoms with Crippen molar-refractivity contribution in [3.63, 3.8) is 0 Å². The first-order chi connectivity index (χ1) is 14.0. The zero-order valence-corrected chi connectivity index (χ0v) is 17.7. The van der Waals surface area contributed by atoms with Gasteiger partial charge < -0.3 is 24.4 Å². The van der Waals surface area contributed by atoms with Gasteiger partial charge in [0.05, 0.1) is 37.8 Å². The number of benzene rings is 2. The van der Waals surface area contributed by atoms with Crippen molar-refractivity contribution in [1.82, 2.24) is 0 Å². The molecule has 0 aromatic heterocycles. The molecule has 0 bridgehead atoms. The highest BCUT2D eigenvalue weighted by Gasteiger charge is 2.33. The molecule has 0 aliphatic carbocycles. The van der Waals surface area contributed by atoms with Crippen LogP contribution in [0.2, 0.25) is 0 Å². The van der Waals surface area contributed by atoms with Crippen LogP contribution in [0.3, 0.4) is 0 Å². The Morgan fingerprint density at radius 3 is 2.52 bits per heavy atom. The van der Waals surface area contributed by atoms with E-state index in [0.717, 1.165) is 15.7 Å². The van der Waals surface area contributed by atoms with Crippen LogP contribution >= 0.6 is 15.9 Å². The summed E-state index contributed by atoms with van der Waals surface area (Å²) in [6.45, 7) is 0.640. The van der Waals surface area contributed by atoms with E-state index in [9.17, 15) is 9.59 Å². The molecule has 3 rings (SSSR count). The molecule has 0 radical (unpaired) electrons. The first kappa shape index (κ1) is 20.9. The number of methoxy groups -OCH3 is 2. The number of nitrogens with one attached hydrogen (secondary N) is 1. The fourth-order valence-corrected chi connectivity index (χ4v) is 3.35. The van der Waals surface area contributed by atoms with E-state index < -0.39 is 11.9 Å². The summed E-state index contributed by atoms with van der Waals surface area (Å²) in [5, 5.41) is 3.38. The first-order valence-electron chi connectivity index (χ1n) is 8.87. The molecule has 0 fully saturated rings. The summed E-state index contributed by atoms with van der Waals surface area (Å²) in [6, 6.07) is 15.6. The Balaban J connectivity index is 2.02. The molecule has 0 saturated heterocycles. The van der Waals surface area contributed by atoms with Crippen molar-refractivity contribution in [2.45, 2.75) is 6.54 Å². The van der Waals surface area contributed by atoms with Gasteiger partial charge in [-0.2, -0.15) is 0 Å². The zero-order chi connectivity index (χ0) is 20.8. The van der Waals surface area contributed by atoms with Crippen LogP contribution < -0.4 is 10.2 Å². The smallest absolute Gasteiger partial charge is 0.355 e. The van der Waals surface area contributed by atoms with Crippen LogP contribution in [-0.4, -0.2) is 39.5 Å². The van der Waals surface area contributed by atoms with Crippen LogP contribution in [-0.2, 0) is 30.3 Å². The summed E-state index contributed by atoms with van der Waals surface area (Å²) >= 11 is 3.47. The largest absolute Gasteiger partial charge is 0.466 e. The summed E-state index contributed by atoms with van der Waals surface area (Å²) in [5.74, 6) is -1.27. The Kier molecular flexibility index (Phi) is 6.90. The predicted octanol–water partition coefficient (Wildman–Crippen LogP) is 3.46. The topological polar surface area (TPSA) is 77.1 Å². The Labute approximate surface area is 177 Å². The van der Waals surface area contributed by atoms with Gasteiger partial charge in [-0.25, -0.2) is 9.59 Å². The fraction of sp³-hybridized carbons (Fsp3) is 0.238. The van der Waals surface area contributed by atoms with Crippen molar-refractivity contribution < 1.29 is 23.8 Å². The van der Waals surface area contributed by atoms with Gasteiger partial charge in [-0.3, -0.25) is 0 Å². The molecule has 2 aromatic carbocycles. The van der Waals surface area contributed by atoms with Crippen molar-refractivity contribution in [1.29, 1.82) is 0 Å². The molecule has 0 amide bonds. The van der Waals surface area contributed by atoms with Crippen molar-refractivity contribution >= 4 is 39.2 Å². The lowest BCUT2D eigenvalue weighted by Crippen LogP contribution is -2.39. The fourth-order valence-electron chi connectivity index (χ4n) is 3.00. The average molecular weight is 461 g/mol. The van der Waals surface area contributed by atoms with Crippen molar-refractivity contribution in [3.05, 3.63) is 69.8 Å². The molecule has 152 valence electrons. The summed E-state index contributed by atoms with van der Waals surface area (Å²) in [6.07, 6.45) is 0. The molecule has 29 heavy (non-hydrogen) atoms. The molecule has 2 aromatic rings. The van der Waals surface area contributed by atoms with E-state index in [0.29, 0.717) is 12.2 Å². The van der Waals surface area contributed by atoms with Gasteiger partial charge in [0.1, 0.15) is 12.4 Å². The van der Waals surface area contributed by atoms with Gasteiger partial charge in [-0.05, 0) is 23.8 Å². The lowest BCUT2D eigenvalue weighted by atomic mass is 10.1. The van der Waals surface area contributed by atoms with Gasteiger partial charge in [0.2, 0.25) is 0 Å². The molecule has 0 saturated carbocycles. The lowest BCUT2D eigenvalue weighted by Gasteiger charge is -2.32. The Bertz CT molecular complexity index is 930. The lowest BCUT2D eigenvalue weighted by molar-refractivity contribution is -0.140. The third-order valence-electron chi connectivity index (χ3n) is 4.41. The predicted molar refractivity (Wildman–Crippen MR) is 112 cm³/mol. The first-order valence-corrected chi connectivity index (χ1v) is 9.67. The maximum Gasteiger partial charge on any atom is 0.355 e. The average Bonchev–Trinajstić information content (AvgIpc) is 2.77. The van der Waals surface area contributed by atoms with E-state index in [1.54, 1.807) is 4.90 Å². The zero-order valence-electron chi connectivity index (χ0n) is 16.1. The second kappa shape index (κ2) is 9.58. The molecule has 8 heteroatoms. The van der Waals surface area contributed by atoms with E-state index in [1.165, 1.54) is 14.2 Å². The minimum absolute atomic E-state index is 0.0333. The number of carbonyl (C=O) groups is 2. The molecule has 1 heterocycles. The van der Waals surface area contributed by atoms with Gasteiger partial charge in [-0.1, -0.05) is 46.3 Å². The number of rotatable bonds is 6. The highest BCUT2D eigenvalue weighted by Crippen LogP contribution is 2.35. The van der Waals surface area contributed by atoms with Crippen LogP contribution in [0, 0.1) is 0 Å². The van der Waals surface area contributed by atoms with E-state index in [2.05, 4.69) is 21.2 Å². The van der Waals surface area contributed by atoms with E-state index in [1.807, 2.05) is 48.5 Å². The molecule has 1 N–H and O–H groups in total. The maximum atomic E-state index is 12.5. The molecular formula is C21H21BrN2O5. The number of halogens is 1. The Morgan fingerprint density at radius 1 is 1.10 bits per heavy atom. The molecule has 0 spiro atoms. The summed E-state index contributed by atoms with van der Waals surface area (Å²) in [4.78, 5) is 26.4. The Hall–Kier alpha value is -2.84. The molecule has 0 unspecified atom stereocenters. The van der Waals surface area contributed by atoms with Gasteiger partial charge in [0.25, 0.3) is 0 Å². The van der Waals surface area contributed by atoms with Gasteiger partial charge >= 0.3 is 11.9 Å². The summed E-state index contributed by atoms with van der Waals surface area (Å²) < 4.78 is 16.1. The molecule has 1 aliphatic heterocycles. The van der Waals surface area contributed by atoms with Crippen LogP contribution in [0.4, 0.5) is 11.4 Å². The van der Waals surface area contributed by atoms with Gasteiger partial charge in [0, 0.05) is 11.0 Å². The van der Waals surface area contributed by atoms with Crippen molar-refractivity contribution in [3.8, 4) is 0 Å². The maximum absolute atomic E-state index is 12.5. The summed E-state index contributed by atoms with van der Waals surface area (Å²) in [5.41, 5.74) is 2.76. The van der Waals surface area contributed by atoms with Gasteiger partial charge in [0.15, 0.2) is 0 Å². The molecule has 1 aliphatic rings. The number of hydrogen-bond acceptors (Lipinski definition) is 7. The highest BCUT2D eigenvalue weighted by atomic mass is 79.9. The van der Waals surface area contributed by atoms with E-state index in [-0.39, 0.29) is 24.6 Å². The standard InChI is InChI=1S/C21H21BrN2O5/c1-27-20(25)16-12-29-13-24(19(16)21(26)28-2)18-10-15(22)8-9-17(18)23-11-14-6-4-3-5-7-14/h3-10,23H,11-13H2,1-2H3. The monoisotopic (exact) mass is 460 g/mol. The second-order valence-corrected chi connectivity index (χ2v) is 7.13. The third kappa shape index (κ3) is 4.78. The Morgan fingerprint density at radius 2 is 1.83 bits per heavy atom. The molecular weight excluding hydrogens is 440 g/mol. The number of esters is 2. The van der Waals surface area contributed by atoms with Crippen LogP contribution in [0.25, 0.3) is 0 Å². The van der Waals surface area contributed by atoms with E-state index in [4.69, 9.17) is 14.2 Å². The van der Waals surface area contributed by atoms with Gasteiger partial charge in [-0.15, -0.1) is 0 Å². The van der Waals surface area contributed by atoms with Crippen molar-refractivity contribution in [2.75, 3.05) is 37.8 Å². The van der Waals surface area contributed by atoms with Crippen LogP contribution in [0.15, 0.2) is 64.3 Å². The minimum atomic E-state index is -0.636. The van der Waals surface area contributed by atoms with E-state index >= 15 is 0 Å². The number of carbonyl (C=O) groups excluding carboxylic acids is 2. The van der Waals surface area contributed by atoms with Crippen LogP contribution in [0.1, 0.15) is 5.56 Å². The minimum Gasteiger partial charge on any atom is -0.466 e. The number of nitrogens with zero attached hydrogens (tertiary/aromatic N) is 1. The number of hydrogen-bond donors (Lipinski definition) is 1. The summed E-state index contributed by atoms with van der Waals surface area (Å²) in [7, 11) is 2.53. The normalized spacial score (nSPS) is 13.8. The highest BCUT2D eigenvalue weighted by molar-refractivity contribution is 9.10. The third-order valence-corrected chi connectivity index (χ3v) is 4.90. The van der Waals surface area contributed by atoms with Crippen molar-refractivity contribution in [2.24, 2.45) is 0 Å². The number of ether oxygens (including phenoxy) is 3. The molecule has 0 atom stereocenters. The number of anilines is 2. The molecule has 7 nitrogen and oxygen atoms in total.